The Morgan fingerprint density at radius 3 is 2.39 bits per heavy atom. The number of aliphatic hydroxyl groups is 2. The van der Waals surface area contributed by atoms with Gasteiger partial charge in [-0.25, -0.2) is 0 Å². The van der Waals surface area contributed by atoms with Crippen molar-refractivity contribution in [3.63, 3.8) is 0 Å². The lowest BCUT2D eigenvalue weighted by Gasteiger charge is -2.46. The minimum Gasteiger partial charge on any atom is -0.462 e. The van der Waals surface area contributed by atoms with Crippen LogP contribution in [-0.4, -0.2) is 52.4 Å². The second kappa shape index (κ2) is 7.82. The third-order valence-electron chi connectivity index (χ3n) is 4.70. The Labute approximate surface area is 160 Å². The van der Waals surface area contributed by atoms with E-state index in [1.54, 1.807) is 0 Å². The summed E-state index contributed by atoms with van der Waals surface area (Å²) in [6.07, 6.45) is -5.88. The molecular formula is C19H19NO8. The Kier molecular flexibility index (Phi) is 5.25. The Morgan fingerprint density at radius 1 is 1.00 bits per heavy atom. The van der Waals surface area contributed by atoms with Crippen LogP contribution in [0.1, 0.15) is 11.9 Å². The number of hydrogen-bond acceptors (Lipinski definition) is 8. The fourth-order valence-electron chi connectivity index (χ4n) is 3.23. The average Bonchev–Trinajstić information content (AvgIpc) is 2.72. The summed E-state index contributed by atoms with van der Waals surface area (Å²) in [7, 11) is 0. The molecule has 9 heteroatoms. The monoisotopic (exact) mass is 389 g/mol. The Bertz CT molecular complexity index is 812. The second-order valence-corrected chi connectivity index (χ2v) is 6.57. The van der Waals surface area contributed by atoms with Crippen molar-refractivity contribution < 1.29 is 34.1 Å². The summed E-state index contributed by atoms with van der Waals surface area (Å²) in [6.45, 7) is 0.147. The molecule has 2 fully saturated rings. The third-order valence-corrected chi connectivity index (χ3v) is 4.70. The van der Waals surface area contributed by atoms with Gasteiger partial charge in [0.05, 0.1) is 11.5 Å². The van der Waals surface area contributed by atoms with E-state index >= 15 is 0 Å². The van der Waals surface area contributed by atoms with Gasteiger partial charge in [-0.2, -0.15) is 0 Å². The second-order valence-electron chi connectivity index (χ2n) is 6.57. The molecule has 0 aromatic heterocycles. The van der Waals surface area contributed by atoms with Crippen molar-refractivity contribution in [2.24, 2.45) is 0 Å². The lowest BCUT2D eigenvalue weighted by Crippen LogP contribution is -2.62. The lowest BCUT2D eigenvalue weighted by atomic mass is 9.98. The Morgan fingerprint density at radius 2 is 1.71 bits per heavy atom. The van der Waals surface area contributed by atoms with Crippen LogP contribution in [0.5, 0.6) is 5.75 Å². The molecule has 148 valence electrons. The van der Waals surface area contributed by atoms with Gasteiger partial charge in [-0.1, -0.05) is 30.3 Å². The first-order valence-electron chi connectivity index (χ1n) is 8.77. The molecule has 2 saturated heterocycles. The van der Waals surface area contributed by atoms with Crippen molar-refractivity contribution in [1.29, 1.82) is 0 Å². The first-order valence-corrected chi connectivity index (χ1v) is 8.77. The number of aliphatic hydroxyl groups excluding tert-OH is 2. The average molecular weight is 389 g/mol. The highest BCUT2D eigenvalue weighted by Gasteiger charge is 2.49. The van der Waals surface area contributed by atoms with Gasteiger partial charge in [0, 0.05) is 17.7 Å². The number of hydrogen-bond donors (Lipinski definition) is 2. The number of rotatable bonds is 4. The zero-order valence-corrected chi connectivity index (χ0v) is 14.7. The molecule has 2 N–H and O–H groups in total. The van der Waals surface area contributed by atoms with Gasteiger partial charge in [-0.15, -0.1) is 0 Å². The van der Waals surface area contributed by atoms with Gasteiger partial charge in [0.2, 0.25) is 6.29 Å². The Balaban J connectivity index is 1.43. The van der Waals surface area contributed by atoms with Crippen LogP contribution in [-0.2, 0) is 14.2 Å². The summed E-state index contributed by atoms with van der Waals surface area (Å²) < 4.78 is 22.8. The number of ether oxygens (including phenoxy) is 4. The zero-order valence-electron chi connectivity index (χ0n) is 14.7. The molecule has 2 aromatic rings. The SMILES string of the molecule is O=[N+]([O-])c1ccc(O[C@H]2O[C@@H]3CO[C@H](c4ccccc4)O[C@H]3[C@H](O)[C@H]2O)cc1. The van der Waals surface area contributed by atoms with Crippen molar-refractivity contribution >= 4 is 5.69 Å². The van der Waals surface area contributed by atoms with Crippen molar-refractivity contribution in [3.05, 3.63) is 70.3 Å². The lowest BCUT2D eigenvalue weighted by molar-refractivity contribution is -0.384. The molecule has 2 aromatic carbocycles. The molecule has 0 bridgehead atoms. The van der Waals surface area contributed by atoms with Crippen LogP contribution in [0.25, 0.3) is 0 Å². The topological polar surface area (TPSA) is 121 Å². The van der Waals surface area contributed by atoms with Crippen LogP contribution in [0, 0.1) is 10.1 Å². The fraction of sp³-hybridized carbons (Fsp3) is 0.368. The molecule has 2 aliphatic rings. The standard InChI is InChI=1S/C19H19NO8/c21-15-16(22)19(26-13-8-6-12(7-9-13)20(23)24)27-14-10-25-18(28-17(14)15)11-4-2-1-3-5-11/h1-9,14-19,21-22H,10H2/t14-,15-,16-,17-,18+,19+/m1/s1. The summed E-state index contributed by atoms with van der Waals surface area (Å²) in [5.74, 6) is 0.264. The number of non-ortho nitro benzene ring substituents is 1. The molecule has 2 heterocycles. The quantitative estimate of drug-likeness (QED) is 0.597. The molecular weight excluding hydrogens is 370 g/mol. The van der Waals surface area contributed by atoms with Crippen molar-refractivity contribution in [3.8, 4) is 5.75 Å². The highest BCUT2D eigenvalue weighted by atomic mass is 16.8. The predicted molar refractivity (Wildman–Crippen MR) is 94.4 cm³/mol. The summed E-state index contributed by atoms with van der Waals surface area (Å²) >= 11 is 0. The minimum atomic E-state index is -1.37. The molecule has 4 rings (SSSR count). The summed E-state index contributed by atoms with van der Waals surface area (Å²) in [5, 5.41) is 31.7. The number of fused-ring (bicyclic) bond motifs is 1. The molecule has 28 heavy (non-hydrogen) atoms. The molecule has 9 nitrogen and oxygen atoms in total. The fourth-order valence-corrected chi connectivity index (χ4v) is 3.23. The predicted octanol–water partition coefficient (Wildman–Crippen LogP) is 1.53. The van der Waals surface area contributed by atoms with E-state index in [2.05, 4.69) is 0 Å². The molecule has 2 aliphatic heterocycles. The van der Waals surface area contributed by atoms with Crippen molar-refractivity contribution in [2.75, 3.05) is 6.61 Å². The van der Waals surface area contributed by atoms with Gasteiger partial charge < -0.3 is 29.2 Å². The van der Waals surface area contributed by atoms with Gasteiger partial charge >= 0.3 is 0 Å². The molecule has 0 aliphatic carbocycles. The normalized spacial score (nSPS) is 32.4. The summed E-state index contributed by atoms with van der Waals surface area (Å²) in [5.41, 5.74) is 0.713. The largest absolute Gasteiger partial charge is 0.462 e. The van der Waals surface area contributed by atoms with Crippen LogP contribution >= 0.6 is 0 Å². The molecule has 0 spiro atoms. The maximum atomic E-state index is 10.7. The van der Waals surface area contributed by atoms with Crippen LogP contribution < -0.4 is 4.74 Å². The van der Waals surface area contributed by atoms with E-state index in [0.29, 0.717) is 0 Å². The number of nitro benzene ring substituents is 1. The zero-order chi connectivity index (χ0) is 19.7. The van der Waals surface area contributed by atoms with Gasteiger partial charge in [-0.3, -0.25) is 10.1 Å². The van der Waals surface area contributed by atoms with Gasteiger partial charge in [0.25, 0.3) is 5.69 Å². The van der Waals surface area contributed by atoms with E-state index in [1.165, 1.54) is 24.3 Å². The minimum absolute atomic E-state index is 0.0846. The van der Waals surface area contributed by atoms with Crippen LogP contribution in [0.3, 0.4) is 0 Å². The number of nitrogens with zero attached hydrogens (tertiary/aromatic N) is 1. The van der Waals surface area contributed by atoms with E-state index in [4.69, 9.17) is 18.9 Å². The number of benzene rings is 2. The molecule has 0 radical (unpaired) electrons. The number of nitro groups is 1. The van der Waals surface area contributed by atoms with E-state index in [9.17, 15) is 20.3 Å². The van der Waals surface area contributed by atoms with Gasteiger partial charge in [0.1, 0.15) is 30.2 Å². The first-order chi connectivity index (χ1) is 13.5. The maximum absolute atomic E-state index is 10.7. The molecule has 0 unspecified atom stereocenters. The highest BCUT2D eigenvalue weighted by molar-refractivity contribution is 5.36. The van der Waals surface area contributed by atoms with Crippen LogP contribution in [0.2, 0.25) is 0 Å². The van der Waals surface area contributed by atoms with Crippen LogP contribution in [0.4, 0.5) is 5.69 Å². The van der Waals surface area contributed by atoms with E-state index < -0.39 is 41.9 Å². The van der Waals surface area contributed by atoms with Crippen LogP contribution in [0.15, 0.2) is 54.6 Å². The van der Waals surface area contributed by atoms with Crippen molar-refractivity contribution in [1.82, 2.24) is 0 Å². The van der Waals surface area contributed by atoms with Crippen molar-refractivity contribution in [2.45, 2.75) is 37.0 Å². The maximum Gasteiger partial charge on any atom is 0.269 e. The molecule has 0 saturated carbocycles. The summed E-state index contributed by atoms with van der Waals surface area (Å²) in [4.78, 5) is 10.2. The highest BCUT2D eigenvalue weighted by Crippen LogP contribution is 2.34. The first kappa shape index (κ1) is 18.8. The van der Waals surface area contributed by atoms with E-state index in [0.717, 1.165) is 5.56 Å². The van der Waals surface area contributed by atoms with E-state index in [-0.39, 0.29) is 18.0 Å². The smallest absolute Gasteiger partial charge is 0.269 e. The molecule has 6 atom stereocenters. The summed E-state index contributed by atoms with van der Waals surface area (Å²) in [6, 6.07) is 14.6. The molecule has 0 amide bonds. The Hall–Kier alpha value is -2.56. The van der Waals surface area contributed by atoms with Gasteiger partial charge in [-0.05, 0) is 12.1 Å². The van der Waals surface area contributed by atoms with E-state index in [1.807, 2.05) is 30.3 Å². The third kappa shape index (κ3) is 3.71. The van der Waals surface area contributed by atoms with Gasteiger partial charge in [0.15, 0.2) is 6.29 Å².